The summed E-state index contributed by atoms with van der Waals surface area (Å²) in [7, 11) is 0. The highest BCUT2D eigenvalue weighted by Gasteiger charge is 2.21. The molecule has 0 radical (unpaired) electrons. The van der Waals surface area contributed by atoms with E-state index in [9.17, 15) is 0 Å². The molecule has 5 heteroatoms. The summed E-state index contributed by atoms with van der Waals surface area (Å²) in [4.78, 5) is 12.6. The van der Waals surface area contributed by atoms with E-state index in [1.54, 1.807) is 0 Å². The van der Waals surface area contributed by atoms with Gasteiger partial charge in [0.2, 0.25) is 0 Å². The number of rotatable bonds is 7. The quantitative estimate of drug-likeness (QED) is 0.427. The van der Waals surface area contributed by atoms with Crippen molar-refractivity contribution in [1.29, 1.82) is 0 Å². The van der Waals surface area contributed by atoms with Crippen molar-refractivity contribution < 1.29 is 0 Å². The number of nitrogen functional groups attached to an aromatic ring is 1. The zero-order chi connectivity index (χ0) is 24.7. The fraction of sp³-hybridized carbons (Fsp3) is 0.241. The molecule has 3 aromatic rings. The minimum absolute atomic E-state index is 0.448. The molecule has 176 valence electrons. The number of anilines is 3. The van der Waals surface area contributed by atoms with E-state index < -0.39 is 0 Å². The highest BCUT2D eigenvalue weighted by molar-refractivity contribution is 5.77. The number of hydrogen-bond donors (Lipinski definition) is 1. The smallest absolute Gasteiger partial charge is 0.151 e. The number of aromatic nitrogens is 2. The second kappa shape index (κ2) is 11.3. The Bertz CT molecular complexity index is 1110. The van der Waals surface area contributed by atoms with Gasteiger partial charge in [-0.2, -0.15) is 0 Å². The molecule has 0 unspecified atom stereocenters. The first-order chi connectivity index (χ1) is 16.3. The largest absolute Gasteiger partial charge is 0.382 e. The molecule has 1 aliphatic rings. The Morgan fingerprint density at radius 2 is 1.68 bits per heavy atom. The van der Waals surface area contributed by atoms with Gasteiger partial charge in [-0.3, -0.25) is 0 Å². The minimum Gasteiger partial charge on any atom is -0.382 e. The van der Waals surface area contributed by atoms with Crippen LogP contribution in [0.15, 0.2) is 98.1 Å². The summed E-state index contributed by atoms with van der Waals surface area (Å²) < 4.78 is 0. The summed E-state index contributed by atoms with van der Waals surface area (Å²) in [5.41, 5.74) is 13.2. The Morgan fingerprint density at radius 1 is 1.06 bits per heavy atom. The van der Waals surface area contributed by atoms with Crippen molar-refractivity contribution in [2.45, 2.75) is 27.2 Å². The van der Waals surface area contributed by atoms with E-state index in [1.165, 1.54) is 17.5 Å². The Balaban J connectivity index is 0.000000302. The number of allylic oxidation sites excluding steroid dienone is 2. The molecule has 1 aromatic heterocycles. The molecular formula is C29H35N5. The number of nitrogens with zero attached hydrogens (tertiary/aromatic N) is 4. The number of aryl methyl sites for hydroxylation is 1. The molecule has 2 aromatic carbocycles. The molecule has 0 saturated carbocycles. The van der Waals surface area contributed by atoms with Crippen molar-refractivity contribution >= 4 is 17.2 Å². The van der Waals surface area contributed by atoms with Crippen molar-refractivity contribution in [3.05, 3.63) is 115 Å². The first-order valence-electron chi connectivity index (χ1n) is 11.5. The van der Waals surface area contributed by atoms with E-state index in [0.29, 0.717) is 5.82 Å². The van der Waals surface area contributed by atoms with Gasteiger partial charge in [0.15, 0.2) is 5.82 Å². The number of nitrogens with two attached hydrogens (primary N) is 1. The van der Waals surface area contributed by atoms with Gasteiger partial charge in [-0.05, 0) is 55.5 Å². The lowest BCUT2D eigenvalue weighted by atomic mass is 10.0. The maximum absolute atomic E-state index is 6.10. The topological polar surface area (TPSA) is 58.3 Å². The van der Waals surface area contributed by atoms with E-state index >= 15 is 0 Å². The normalized spacial score (nSPS) is 12.7. The van der Waals surface area contributed by atoms with E-state index in [2.05, 4.69) is 90.1 Å². The van der Waals surface area contributed by atoms with E-state index in [0.717, 1.165) is 53.9 Å². The Hall–Kier alpha value is -3.86. The summed E-state index contributed by atoms with van der Waals surface area (Å²) in [5, 5.41) is 0. The molecule has 1 fully saturated rings. The van der Waals surface area contributed by atoms with Crippen LogP contribution in [0.4, 0.5) is 17.2 Å². The van der Waals surface area contributed by atoms with Gasteiger partial charge in [-0.15, -0.1) is 0 Å². The lowest BCUT2D eigenvalue weighted by molar-refractivity contribution is 0.164. The van der Waals surface area contributed by atoms with Crippen LogP contribution in [0.25, 0.3) is 0 Å². The molecular weight excluding hydrogens is 418 g/mol. The molecule has 1 saturated heterocycles. The maximum atomic E-state index is 6.10. The standard InChI is InChI=1S/C21H22N4.C8H13N/c1-15(2)25(20-16(3)23-14-24-21(20)22)19-11-9-18(10-12-19)13-17-7-5-4-6-8-17;1-4-8(3)9-5-7(2)6-9/h4-12,14H,1,13H2,2-3H3,(H2,22,23,24);4,7H,1,3,5-6H2,2H3. The van der Waals surface area contributed by atoms with Crippen molar-refractivity contribution in [2.24, 2.45) is 5.92 Å². The Labute approximate surface area is 204 Å². The van der Waals surface area contributed by atoms with Crippen LogP contribution in [0, 0.1) is 12.8 Å². The second-order valence-corrected chi connectivity index (χ2v) is 8.80. The molecule has 1 aliphatic heterocycles. The Kier molecular flexibility index (Phi) is 8.25. The molecule has 0 spiro atoms. The minimum atomic E-state index is 0.448. The molecule has 34 heavy (non-hydrogen) atoms. The number of hydrogen-bond acceptors (Lipinski definition) is 5. The summed E-state index contributed by atoms with van der Waals surface area (Å²) in [6.07, 6.45) is 4.20. The van der Waals surface area contributed by atoms with E-state index in [1.807, 2.05) is 30.9 Å². The zero-order valence-corrected chi connectivity index (χ0v) is 20.5. The van der Waals surface area contributed by atoms with Crippen molar-refractivity contribution in [1.82, 2.24) is 14.9 Å². The van der Waals surface area contributed by atoms with Crippen LogP contribution in [-0.2, 0) is 6.42 Å². The fourth-order valence-electron chi connectivity index (χ4n) is 3.96. The number of likely N-dealkylation sites (tertiary alicyclic amines) is 1. The fourth-order valence-corrected chi connectivity index (χ4v) is 3.96. The molecule has 0 bridgehead atoms. The van der Waals surface area contributed by atoms with Gasteiger partial charge < -0.3 is 15.5 Å². The van der Waals surface area contributed by atoms with Crippen molar-refractivity contribution in [2.75, 3.05) is 23.7 Å². The molecule has 5 nitrogen and oxygen atoms in total. The van der Waals surface area contributed by atoms with Gasteiger partial charge in [0.1, 0.15) is 12.0 Å². The third-order valence-electron chi connectivity index (χ3n) is 5.79. The molecule has 4 rings (SSSR count). The van der Waals surface area contributed by atoms with Crippen molar-refractivity contribution in [3.8, 4) is 0 Å². The number of benzene rings is 2. The van der Waals surface area contributed by atoms with Gasteiger partial charge in [-0.1, -0.05) is 69.1 Å². The van der Waals surface area contributed by atoms with Crippen LogP contribution in [0.1, 0.15) is 30.7 Å². The lowest BCUT2D eigenvalue weighted by Gasteiger charge is -2.39. The maximum Gasteiger partial charge on any atom is 0.151 e. The van der Waals surface area contributed by atoms with Gasteiger partial charge >= 0.3 is 0 Å². The van der Waals surface area contributed by atoms with Crippen molar-refractivity contribution in [3.63, 3.8) is 0 Å². The van der Waals surface area contributed by atoms with Crippen LogP contribution in [0.5, 0.6) is 0 Å². The van der Waals surface area contributed by atoms with E-state index in [4.69, 9.17) is 5.73 Å². The van der Waals surface area contributed by atoms with Crippen LogP contribution in [0.2, 0.25) is 0 Å². The van der Waals surface area contributed by atoms with Crippen LogP contribution >= 0.6 is 0 Å². The van der Waals surface area contributed by atoms with Crippen LogP contribution in [0.3, 0.4) is 0 Å². The Morgan fingerprint density at radius 3 is 2.21 bits per heavy atom. The molecule has 0 atom stereocenters. The first-order valence-corrected chi connectivity index (χ1v) is 11.5. The van der Waals surface area contributed by atoms with Gasteiger partial charge in [-0.25, -0.2) is 9.97 Å². The van der Waals surface area contributed by atoms with Gasteiger partial charge in [0.05, 0.1) is 5.69 Å². The third-order valence-corrected chi connectivity index (χ3v) is 5.79. The predicted octanol–water partition coefficient (Wildman–Crippen LogP) is 6.27. The zero-order valence-electron chi connectivity index (χ0n) is 20.5. The SMILES string of the molecule is C=C(C)N(c1ccc(Cc2ccccc2)cc1)c1c(C)ncnc1N.C=CC(=C)N1CC(C)C1. The first kappa shape index (κ1) is 24.8. The predicted molar refractivity (Wildman–Crippen MR) is 144 cm³/mol. The summed E-state index contributed by atoms with van der Waals surface area (Å²) in [6.45, 7) is 20.0. The van der Waals surface area contributed by atoms with E-state index in [-0.39, 0.29) is 0 Å². The highest BCUT2D eigenvalue weighted by Crippen LogP contribution is 2.34. The highest BCUT2D eigenvalue weighted by atomic mass is 15.2. The van der Waals surface area contributed by atoms with Crippen LogP contribution < -0.4 is 10.6 Å². The average molecular weight is 454 g/mol. The second-order valence-electron chi connectivity index (χ2n) is 8.80. The summed E-state index contributed by atoms with van der Waals surface area (Å²) >= 11 is 0. The van der Waals surface area contributed by atoms with Gasteiger partial charge in [0.25, 0.3) is 0 Å². The molecule has 0 amide bonds. The summed E-state index contributed by atoms with van der Waals surface area (Å²) in [6, 6.07) is 18.9. The van der Waals surface area contributed by atoms with Crippen LogP contribution in [-0.4, -0.2) is 28.0 Å². The van der Waals surface area contributed by atoms with Gasteiger partial charge in [0, 0.05) is 30.2 Å². The monoisotopic (exact) mass is 453 g/mol. The molecule has 2 heterocycles. The summed E-state index contributed by atoms with van der Waals surface area (Å²) in [5.74, 6) is 1.30. The molecule has 0 aliphatic carbocycles. The molecule has 2 N–H and O–H groups in total. The third kappa shape index (κ3) is 6.13. The lowest BCUT2D eigenvalue weighted by Crippen LogP contribution is -2.43. The average Bonchev–Trinajstić information content (AvgIpc) is 2.80.